The summed E-state index contributed by atoms with van der Waals surface area (Å²) in [7, 11) is 0. The predicted octanol–water partition coefficient (Wildman–Crippen LogP) is 0.688. The Labute approximate surface area is 94.0 Å². The Morgan fingerprint density at radius 2 is 2.00 bits per heavy atom. The van der Waals surface area contributed by atoms with Gasteiger partial charge < -0.3 is 15.1 Å². The predicted molar refractivity (Wildman–Crippen MR) is 50.1 cm³/mol. The van der Waals surface area contributed by atoms with Gasteiger partial charge in [0.2, 0.25) is 5.91 Å². The maximum absolute atomic E-state index is 11.7. The van der Waals surface area contributed by atoms with Crippen molar-refractivity contribution in [2.75, 3.05) is 13.1 Å². The molecule has 8 heteroatoms. The minimum atomic E-state index is -4.47. The lowest BCUT2D eigenvalue weighted by Gasteiger charge is -2.08. The van der Waals surface area contributed by atoms with E-state index < -0.39 is 31.1 Å². The molecule has 0 aliphatic carbocycles. The summed E-state index contributed by atoms with van der Waals surface area (Å²) in [6, 6.07) is 2.83. The van der Waals surface area contributed by atoms with Crippen molar-refractivity contribution in [3.05, 3.63) is 24.2 Å². The summed E-state index contributed by atoms with van der Waals surface area (Å²) in [5, 5.41) is 3.72. The van der Waals surface area contributed by atoms with Gasteiger partial charge in [-0.15, -0.1) is 0 Å². The van der Waals surface area contributed by atoms with E-state index in [1.165, 1.54) is 18.4 Å². The highest BCUT2D eigenvalue weighted by Crippen LogP contribution is 2.11. The van der Waals surface area contributed by atoms with Gasteiger partial charge in [-0.05, 0) is 12.1 Å². The third kappa shape index (κ3) is 5.05. The van der Waals surface area contributed by atoms with Crippen molar-refractivity contribution < 1.29 is 27.2 Å². The van der Waals surface area contributed by atoms with Crippen molar-refractivity contribution in [1.82, 2.24) is 10.6 Å². The molecule has 0 bridgehead atoms. The average molecular weight is 250 g/mol. The molecular weight excluding hydrogens is 241 g/mol. The lowest BCUT2D eigenvalue weighted by molar-refractivity contribution is -0.137. The molecule has 2 N–H and O–H groups in total. The molecule has 0 aromatic carbocycles. The largest absolute Gasteiger partial charge is 0.459 e. The maximum Gasteiger partial charge on any atom is 0.405 e. The minimum Gasteiger partial charge on any atom is -0.459 e. The highest BCUT2D eigenvalue weighted by molar-refractivity contribution is 5.94. The maximum atomic E-state index is 11.7. The molecule has 1 heterocycles. The Bertz CT molecular complexity index is 387. The number of carbonyl (C=O) groups excluding carboxylic acids is 2. The Morgan fingerprint density at radius 3 is 2.53 bits per heavy atom. The van der Waals surface area contributed by atoms with Gasteiger partial charge in [0.25, 0.3) is 5.91 Å². The topological polar surface area (TPSA) is 71.3 Å². The van der Waals surface area contributed by atoms with Gasteiger partial charge in [0, 0.05) is 0 Å². The first-order valence-electron chi connectivity index (χ1n) is 4.53. The van der Waals surface area contributed by atoms with E-state index in [9.17, 15) is 22.8 Å². The summed E-state index contributed by atoms with van der Waals surface area (Å²) in [6.45, 7) is -1.97. The molecule has 0 spiro atoms. The lowest BCUT2D eigenvalue weighted by atomic mass is 10.4. The van der Waals surface area contributed by atoms with E-state index in [2.05, 4.69) is 5.32 Å². The Morgan fingerprint density at radius 1 is 1.29 bits per heavy atom. The van der Waals surface area contributed by atoms with Crippen LogP contribution in [0.25, 0.3) is 0 Å². The number of hydrogen-bond donors (Lipinski definition) is 2. The molecule has 0 atom stereocenters. The fraction of sp³-hybridized carbons (Fsp3) is 0.333. The van der Waals surface area contributed by atoms with Crippen LogP contribution in [0.1, 0.15) is 10.6 Å². The van der Waals surface area contributed by atoms with E-state index in [0.29, 0.717) is 0 Å². The number of amides is 2. The van der Waals surface area contributed by atoms with Gasteiger partial charge in [-0.1, -0.05) is 0 Å². The van der Waals surface area contributed by atoms with Crippen molar-refractivity contribution in [3.8, 4) is 0 Å². The van der Waals surface area contributed by atoms with Crippen molar-refractivity contribution in [1.29, 1.82) is 0 Å². The summed E-state index contributed by atoms with van der Waals surface area (Å²) in [6.07, 6.45) is -3.21. The van der Waals surface area contributed by atoms with Gasteiger partial charge in [-0.3, -0.25) is 9.59 Å². The SMILES string of the molecule is O=C(CNC(=O)c1ccco1)NCC(F)(F)F. The molecular formula is C9H9F3N2O3. The first kappa shape index (κ1) is 13.1. The van der Waals surface area contributed by atoms with Crippen LogP contribution in [0.5, 0.6) is 0 Å². The van der Waals surface area contributed by atoms with E-state index in [4.69, 9.17) is 4.42 Å². The first-order valence-corrected chi connectivity index (χ1v) is 4.53. The van der Waals surface area contributed by atoms with Gasteiger partial charge >= 0.3 is 6.18 Å². The molecule has 2 amide bonds. The van der Waals surface area contributed by atoms with Crippen LogP contribution in [-0.2, 0) is 4.79 Å². The molecule has 0 unspecified atom stereocenters. The van der Waals surface area contributed by atoms with E-state index in [1.54, 1.807) is 5.32 Å². The third-order valence-corrected chi connectivity index (χ3v) is 1.64. The van der Waals surface area contributed by atoms with Crippen LogP contribution in [0, 0.1) is 0 Å². The van der Waals surface area contributed by atoms with Crippen LogP contribution in [-0.4, -0.2) is 31.1 Å². The second kappa shape index (κ2) is 5.37. The van der Waals surface area contributed by atoms with Crippen molar-refractivity contribution in [2.45, 2.75) is 6.18 Å². The summed E-state index contributed by atoms with van der Waals surface area (Å²) in [4.78, 5) is 22.1. The quantitative estimate of drug-likeness (QED) is 0.825. The van der Waals surface area contributed by atoms with Crippen LogP contribution in [0.2, 0.25) is 0 Å². The number of carbonyl (C=O) groups is 2. The highest BCUT2D eigenvalue weighted by Gasteiger charge is 2.27. The third-order valence-electron chi connectivity index (χ3n) is 1.64. The standard InChI is InChI=1S/C9H9F3N2O3/c10-9(11,12)5-14-7(15)4-13-8(16)6-2-1-3-17-6/h1-3H,4-5H2,(H,13,16)(H,14,15). The molecule has 0 fully saturated rings. The number of furan rings is 1. The van der Waals surface area contributed by atoms with Crippen LogP contribution >= 0.6 is 0 Å². The Kier molecular flexibility index (Phi) is 4.13. The van der Waals surface area contributed by atoms with Crippen LogP contribution < -0.4 is 10.6 Å². The molecule has 94 valence electrons. The second-order valence-electron chi connectivity index (χ2n) is 3.05. The van der Waals surface area contributed by atoms with E-state index in [1.807, 2.05) is 0 Å². The molecule has 0 radical (unpaired) electrons. The number of alkyl halides is 3. The molecule has 17 heavy (non-hydrogen) atoms. The van der Waals surface area contributed by atoms with Crippen molar-refractivity contribution in [3.63, 3.8) is 0 Å². The Hall–Kier alpha value is -1.99. The second-order valence-corrected chi connectivity index (χ2v) is 3.05. The fourth-order valence-electron chi connectivity index (χ4n) is 0.917. The molecule has 0 aliphatic heterocycles. The monoisotopic (exact) mass is 250 g/mol. The van der Waals surface area contributed by atoms with Crippen molar-refractivity contribution in [2.24, 2.45) is 0 Å². The van der Waals surface area contributed by atoms with Gasteiger partial charge in [-0.25, -0.2) is 0 Å². The molecule has 5 nitrogen and oxygen atoms in total. The fourth-order valence-corrected chi connectivity index (χ4v) is 0.917. The smallest absolute Gasteiger partial charge is 0.405 e. The summed E-state index contributed by atoms with van der Waals surface area (Å²) in [5.74, 6) is -1.62. The molecule has 1 rings (SSSR count). The zero-order valence-corrected chi connectivity index (χ0v) is 8.50. The number of hydrogen-bond acceptors (Lipinski definition) is 3. The van der Waals surface area contributed by atoms with Crippen LogP contribution in [0.3, 0.4) is 0 Å². The summed E-state index contributed by atoms with van der Waals surface area (Å²) in [5.41, 5.74) is 0. The average Bonchev–Trinajstić information content (AvgIpc) is 2.75. The van der Waals surface area contributed by atoms with Crippen LogP contribution in [0.4, 0.5) is 13.2 Å². The number of halogens is 3. The minimum absolute atomic E-state index is 0.0198. The van der Waals surface area contributed by atoms with Crippen LogP contribution in [0.15, 0.2) is 22.8 Å². The molecule has 1 aromatic heterocycles. The summed E-state index contributed by atoms with van der Waals surface area (Å²) >= 11 is 0. The number of nitrogens with one attached hydrogen (secondary N) is 2. The van der Waals surface area contributed by atoms with Gasteiger partial charge in [-0.2, -0.15) is 13.2 Å². The van der Waals surface area contributed by atoms with E-state index in [-0.39, 0.29) is 5.76 Å². The van der Waals surface area contributed by atoms with Crippen molar-refractivity contribution >= 4 is 11.8 Å². The Balaban J connectivity index is 2.27. The molecule has 0 saturated heterocycles. The first-order chi connectivity index (χ1) is 7.88. The van der Waals surface area contributed by atoms with Gasteiger partial charge in [0.15, 0.2) is 5.76 Å². The normalized spacial score (nSPS) is 11.0. The zero-order valence-electron chi connectivity index (χ0n) is 8.50. The van der Waals surface area contributed by atoms with Gasteiger partial charge in [0.1, 0.15) is 6.54 Å². The summed E-state index contributed by atoms with van der Waals surface area (Å²) < 4.78 is 39.9. The number of rotatable bonds is 4. The zero-order chi connectivity index (χ0) is 12.9. The molecule has 0 aliphatic rings. The highest BCUT2D eigenvalue weighted by atomic mass is 19.4. The van der Waals surface area contributed by atoms with E-state index >= 15 is 0 Å². The molecule has 0 saturated carbocycles. The lowest BCUT2D eigenvalue weighted by Crippen LogP contribution is -2.40. The molecule has 1 aromatic rings. The van der Waals surface area contributed by atoms with E-state index in [0.717, 1.165) is 0 Å². The van der Waals surface area contributed by atoms with Gasteiger partial charge in [0.05, 0.1) is 12.8 Å².